The molecule has 3 rings (SSSR count). The quantitative estimate of drug-likeness (QED) is 0.556. The standard InChI is InChI=1S/C24H29FN4O2/c1-16(2)26-24(30)29(17(3)4)15-21-22(18-9-7-6-8-10-18)27-28(5)23(21)31-20-13-11-19(25)12-14-20/h6-14,16-17H,15H2,1-5H3,(H,26,30). The zero-order chi connectivity index (χ0) is 22.5. The molecular formula is C24H29FN4O2. The highest BCUT2D eigenvalue weighted by atomic mass is 19.1. The van der Waals surface area contributed by atoms with Crippen molar-refractivity contribution in [3.63, 3.8) is 0 Å². The number of carbonyl (C=O) groups excluding carboxylic acids is 1. The Bertz CT molecular complexity index is 1010. The van der Waals surface area contributed by atoms with E-state index in [0.717, 1.165) is 16.8 Å². The van der Waals surface area contributed by atoms with Gasteiger partial charge in [0, 0.05) is 24.7 Å². The maximum atomic E-state index is 13.3. The molecule has 0 aliphatic heterocycles. The molecule has 1 aromatic heterocycles. The third-order valence-electron chi connectivity index (χ3n) is 4.79. The Kier molecular flexibility index (Phi) is 6.95. The summed E-state index contributed by atoms with van der Waals surface area (Å²) in [4.78, 5) is 14.6. The molecule has 31 heavy (non-hydrogen) atoms. The highest BCUT2D eigenvalue weighted by Crippen LogP contribution is 2.34. The van der Waals surface area contributed by atoms with E-state index < -0.39 is 0 Å². The number of carbonyl (C=O) groups is 1. The fourth-order valence-electron chi connectivity index (χ4n) is 3.25. The van der Waals surface area contributed by atoms with Crippen LogP contribution in [0.5, 0.6) is 11.6 Å². The molecule has 7 heteroatoms. The number of nitrogens with one attached hydrogen (secondary N) is 1. The van der Waals surface area contributed by atoms with Gasteiger partial charge in [-0.05, 0) is 52.0 Å². The minimum atomic E-state index is -0.334. The molecule has 0 atom stereocenters. The van der Waals surface area contributed by atoms with Crippen molar-refractivity contribution in [1.29, 1.82) is 0 Å². The van der Waals surface area contributed by atoms with Gasteiger partial charge in [-0.1, -0.05) is 30.3 Å². The lowest BCUT2D eigenvalue weighted by molar-refractivity contribution is 0.177. The topological polar surface area (TPSA) is 59.4 Å². The van der Waals surface area contributed by atoms with Gasteiger partial charge in [-0.3, -0.25) is 0 Å². The zero-order valence-corrected chi connectivity index (χ0v) is 18.6. The second kappa shape index (κ2) is 9.64. The molecule has 3 aromatic rings. The first-order valence-electron chi connectivity index (χ1n) is 10.4. The lowest BCUT2D eigenvalue weighted by atomic mass is 10.1. The Labute approximate surface area is 182 Å². The van der Waals surface area contributed by atoms with E-state index in [1.165, 1.54) is 12.1 Å². The molecule has 0 radical (unpaired) electrons. The van der Waals surface area contributed by atoms with Crippen LogP contribution in [0.1, 0.15) is 33.3 Å². The summed E-state index contributed by atoms with van der Waals surface area (Å²) in [5, 5.41) is 7.65. The van der Waals surface area contributed by atoms with Gasteiger partial charge >= 0.3 is 6.03 Å². The summed E-state index contributed by atoms with van der Waals surface area (Å²) in [6, 6.07) is 15.4. The maximum absolute atomic E-state index is 13.3. The average molecular weight is 425 g/mol. The van der Waals surface area contributed by atoms with Crippen molar-refractivity contribution in [1.82, 2.24) is 20.0 Å². The van der Waals surface area contributed by atoms with Crippen LogP contribution >= 0.6 is 0 Å². The summed E-state index contributed by atoms with van der Waals surface area (Å²) in [7, 11) is 1.79. The number of amides is 2. The Morgan fingerprint density at radius 3 is 2.32 bits per heavy atom. The van der Waals surface area contributed by atoms with Crippen LogP contribution in [0.4, 0.5) is 9.18 Å². The third-order valence-corrected chi connectivity index (χ3v) is 4.79. The molecule has 0 spiro atoms. The monoisotopic (exact) mass is 424 g/mol. The molecule has 0 aliphatic carbocycles. The predicted molar refractivity (Wildman–Crippen MR) is 119 cm³/mol. The van der Waals surface area contributed by atoms with Crippen molar-refractivity contribution in [3.8, 4) is 22.9 Å². The molecule has 1 heterocycles. The Hall–Kier alpha value is -3.35. The van der Waals surface area contributed by atoms with Crippen LogP contribution in [-0.2, 0) is 13.6 Å². The van der Waals surface area contributed by atoms with Gasteiger partial charge in [0.2, 0.25) is 5.88 Å². The van der Waals surface area contributed by atoms with E-state index in [9.17, 15) is 9.18 Å². The minimum absolute atomic E-state index is 0.0196. The molecule has 0 fully saturated rings. The summed E-state index contributed by atoms with van der Waals surface area (Å²) in [6.45, 7) is 8.11. The Morgan fingerprint density at radius 1 is 1.10 bits per heavy atom. The van der Waals surface area contributed by atoms with E-state index in [2.05, 4.69) is 10.4 Å². The summed E-state index contributed by atoms with van der Waals surface area (Å²) in [5.74, 6) is 0.667. The van der Waals surface area contributed by atoms with Gasteiger partial charge in [0.15, 0.2) is 0 Å². The van der Waals surface area contributed by atoms with E-state index >= 15 is 0 Å². The number of rotatable bonds is 7. The van der Waals surface area contributed by atoms with Crippen LogP contribution in [0.15, 0.2) is 54.6 Å². The SMILES string of the molecule is CC(C)NC(=O)N(Cc1c(-c2ccccc2)nn(C)c1Oc1ccc(F)cc1)C(C)C. The van der Waals surface area contributed by atoms with Crippen LogP contribution in [-0.4, -0.2) is 32.8 Å². The van der Waals surface area contributed by atoms with E-state index in [4.69, 9.17) is 4.74 Å². The number of halogens is 1. The molecule has 2 amide bonds. The van der Waals surface area contributed by atoms with Gasteiger partial charge in [-0.2, -0.15) is 5.10 Å². The highest BCUT2D eigenvalue weighted by molar-refractivity contribution is 5.75. The van der Waals surface area contributed by atoms with E-state index in [-0.39, 0.29) is 23.9 Å². The summed E-state index contributed by atoms with van der Waals surface area (Å²) < 4.78 is 21.1. The number of urea groups is 1. The second-order valence-electron chi connectivity index (χ2n) is 8.00. The Balaban J connectivity index is 2.05. The number of hydrogen-bond donors (Lipinski definition) is 1. The summed E-state index contributed by atoms with van der Waals surface area (Å²) in [5.41, 5.74) is 2.45. The van der Waals surface area contributed by atoms with Crippen molar-refractivity contribution in [3.05, 3.63) is 66.0 Å². The first-order chi connectivity index (χ1) is 14.8. The molecule has 1 N–H and O–H groups in total. The van der Waals surface area contributed by atoms with E-state index in [0.29, 0.717) is 18.2 Å². The number of nitrogens with zero attached hydrogens (tertiary/aromatic N) is 3. The number of ether oxygens (including phenoxy) is 1. The van der Waals surface area contributed by atoms with E-state index in [1.54, 1.807) is 28.8 Å². The van der Waals surface area contributed by atoms with Crippen molar-refractivity contribution in [2.75, 3.05) is 0 Å². The van der Waals surface area contributed by atoms with Gasteiger partial charge < -0.3 is 15.0 Å². The first kappa shape index (κ1) is 22.3. The molecule has 0 saturated heterocycles. The van der Waals surface area contributed by atoms with Crippen LogP contribution in [0.25, 0.3) is 11.3 Å². The number of benzene rings is 2. The van der Waals surface area contributed by atoms with Gasteiger partial charge in [0.1, 0.15) is 17.3 Å². The smallest absolute Gasteiger partial charge is 0.318 e. The molecule has 0 aliphatic rings. The predicted octanol–water partition coefficient (Wildman–Crippen LogP) is 5.35. The fraction of sp³-hybridized carbons (Fsp3) is 0.333. The molecule has 164 valence electrons. The normalized spacial score (nSPS) is 11.1. The van der Waals surface area contributed by atoms with Crippen molar-refractivity contribution >= 4 is 6.03 Å². The lowest BCUT2D eigenvalue weighted by Crippen LogP contribution is -2.45. The second-order valence-corrected chi connectivity index (χ2v) is 8.00. The molecule has 0 unspecified atom stereocenters. The van der Waals surface area contributed by atoms with Gasteiger partial charge in [-0.15, -0.1) is 0 Å². The van der Waals surface area contributed by atoms with Crippen molar-refractivity contribution < 1.29 is 13.9 Å². The highest BCUT2D eigenvalue weighted by Gasteiger charge is 2.26. The molecule has 6 nitrogen and oxygen atoms in total. The number of hydrogen-bond acceptors (Lipinski definition) is 3. The molecule has 0 saturated carbocycles. The first-order valence-corrected chi connectivity index (χ1v) is 10.4. The Morgan fingerprint density at radius 2 is 1.74 bits per heavy atom. The molecular weight excluding hydrogens is 395 g/mol. The van der Waals surface area contributed by atoms with Crippen molar-refractivity contribution in [2.24, 2.45) is 7.05 Å². The summed E-state index contributed by atoms with van der Waals surface area (Å²) >= 11 is 0. The lowest BCUT2D eigenvalue weighted by Gasteiger charge is -2.28. The average Bonchev–Trinajstić information content (AvgIpc) is 3.03. The fourth-order valence-corrected chi connectivity index (χ4v) is 3.25. The third kappa shape index (κ3) is 5.42. The molecule has 2 aromatic carbocycles. The van der Waals surface area contributed by atoms with Crippen LogP contribution in [0.2, 0.25) is 0 Å². The minimum Gasteiger partial charge on any atom is -0.439 e. The number of aryl methyl sites for hydroxylation is 1. The van der Waals surface area contributed by atoms with Crippen LogP contribution in [0.3, 0.4) is 0 Å². The zero-order valence-electron chi connectivity index (χ0n) is 18.6. The summed E-state index contributed by atoms with van der Waals surface area (Å²) in [6.07, 6.45) is 0. The van der Waals surface area contributed by atoms with Crippen LogP contribution < -0.4 is 10.1 Å². The van der Waals surface area contributed by atoms with Crippen LogP contribution in [0, 0.1) is 5.82 Å². The van der Waals surface area contributed by atoms with Gasteiger partial charge in [0.05, 0.1) is 12.1 Å². The van der Waals surface area contributed by atoms with Gasteiger partial charge in [-0.25, -0.2) is 13.9 Å². The number of aromatic nitrogens is 2. The van der Waals surface area contributed by atoms with Crippen molar-refractivity contribution in [2.45, 2.75) is 46.3 Å². The largest absolute Gasteiger partial charge is 0.439 e. The molecule has 0 bridgehead atoms. The maximum Gasteiger partial charge on any atom is 0.318 e. The van der Waals surface area contributed by atoms with Gasteiger partial charge in [0.25, 0.3) is 0 Å². The van der Waals surface area contributed by atoms with E-state index in [1.807, 2.05) is 58.0 Å².